The van der Waals surface area contributed by atoms with Gasteiger partial charge in [-0.2, -0.15) is 0 Å². The van der Waals surface area contributed by atoms with Gasteiger partial charge in [-0.3, -0.25) is 4.79 Å². The molecule has 0 aliphatic rings. The molecule has 3 aromatic carbocycles. The number of benzene rings is 3. The summed E-state index contributed by atoms with van der Waals surface area (Å²) < 4.78 is 16.4. The first-order chi connectivity index (χ1) is 15.0. The van der Waals surface area contributed by atoms with Crippen LogP contribution in [-0.4, -0.2) is 16.0 Å². The number of nitrogens with one attached hydrogen (secondary N) is 1. The van der Waals surface area contributed by atoms with Crippen molar-refractivity contribution in [3.8, 4) is 17.0 Å². The molecule has 29 heavy (non-hydrogen) atoms. The van der Waals surface area contributed by atoms with Crippen LogP contribution < -0.4 is 5.32 Å². The Labute approximate surface area is 172 Å². The minimum absolute atomic E-state index is 0.0622. The lowest BCUT2D eigenvalue weighted by Crippen LogP contribution is -2.28. The van der Waals surface area contributed by atoms with Crippen molar-refractivity contribution in [3.63, 3.8) is 0 Å². The Balaban J connectivity index is 1.87. The molecule has 1 unspecified atom stereocenters. The molecule has 144 valence electrons. The maximum atomic E-state index is 13.4. The summed E-state index contributed by atoms with van der Waals surface area (Å²) in [5, 5.41) is 14.7. The van der Waals surface area contributed by atoms with Crippen LogP contribution >= 0.6 is 0 Å². The summed E-state index contributed by atoms with van der Waals surface area (Å²) in [6.45, 7) is 1.98. The van der Waals surface area contributed by atoms with Gasteiger partial charge >= 0.3 is 0 Å². The number of amides is 1. The Hall–Kier alpha value is -3.66. The second-order valence-corrected chi connectivity index (χ2v) is 6.74. The Morgan fingerprint density at radius 1 is 1.03 bits per heavy atom. The molecule has 0 spiro atoms. The third kappa shape index (κ3) is 3.69. The number of fused-ring (bicyclic) bond motifs is 1. The topological polar surface area (TPSA) is 62.2 Å². The second-order valence-electron chi connectivity index (χ2n) is 6.74. The Morgan fingerprint density at radius 2 is 1.69 bits per heavy atom. The number of pyridine rings is 1. The fourth-order valence-corrected chi connectivity index (χ4v) is 3.43. The average molecular weight is 384 g/mol. The monoisotopic (exact) mass is 384 g/mol. The molecule has 4 heteroatoms. The fourth-order valence-electron chi connectivity index (χ4n) is 3.43. The maximum Gasteiger partial charge on any atom is 0.256 e. The smallest absolute Gasteiger partial charge is 0.256 e. The van der Waals surface area contributed by atoms with Crippen molar-refractivity contribution in [2.45, 2.75) is 19.4 Å². The van der Waals surface area contributed by atoms with Crippen LogP contribution in [0.15, 0.2) is 84.9 Å². The van der Waals surface area contributed by atoms with E-state index in [1.54, 1.807) is 30.3 Å². The van der Waals surface area contributed by atoms with Crippen LogP contribution in [0.25, 0.3) is 22.2 Å². The van der Waals surface area contributed by atoms with Crippen LogP contribution in [0.4, 0.5) is 0 Å². The van der Waals surface area contributed by atoms with E-state index in [0.717, 1.165) is 5.56 Å². The van der Waals surface area contributed by atoms with Crippen molar-refractivity contribution in [1.82, 2.24) is 10.3 Å². The molecule has 1 aromatic heterocycles. The quantitative estimate of drug-likeness (QED) is 0.478. The van der Waals surface area contributed by atoms with Crippen molar-refractivity contribution < 1.29 is 12.6 Å². The second kappa shape index (κ2) is 8.15. The molecular weight excluding hydrogens is 360 g/mol. The number of para-hydroxylation sites is 1. The molecule has 0 radical (unpaired) electrons. The van der Waals surface area contributed by atoms with Crippen LogP contribution in [0.2, 0.25) is 0 Å². The average Bonchev–Trinajstić information content (AvgIpc) is 2.78. The first-order valence-electron chi connectivity index (χ1n) is 10.5. The normalized spacial score (nSPS) is 12.9. The van der Waals surface area contributed by atoms with Crippen molar-refractivity contribution in [1.29, 1.82) is 0 Å². The summed E-state index contributed by atoms with van der Waals surface area (Å²) in [4.78, 5) is 17.9. The number of aromatic nitrogens is 1. The molecule has 0 aliphatic carbocycles. The standard InChI is InChI=1S/C25H22N2O2/c1-2-20(17-11-5-3-6-12-17)27-25(29)22-19-15-9-10-16-21(19)26-23(24(22)28)18-13-7-4-8-14-18/h3-16,20,28H,2H2,1H3,(H,27,29)/i13D,14D. The van der Waals surface area contributed by atoms with Gasteiger partial charge in [0.2, 0.25) is 0 Å². The van der Waals surface area contributed by atoms with E-state index in [0.29, 0.717) is 17.3 Å². The Bertz CT molecular complexity index is 1240. The van der Waals surface area contributed by atoms with E-state index in [1.165, 1.54) is 12.1 Å². The molecule has 1 heterocycles. The first kappa shape index (κ1) is 16.3. The van der Waals surface area contributed by atoms with Crippen LogP contribution in [0, 0.1) is 0 Å². The predicted molar refractivity (Wildman–Crippen MR) is 116 cm³/mol. The van der Waals surface area contributed by atoms with Crippen molar-refractivity contribution >= 4 is 16.8 Å². The number of aromatic hydroxyl groups is 1. The van der Waals surface area contributed by atoms with Gasteiger partial charge in [-0.25, -0.2) is 4.98 Å². The number of carbonyl (C=O) groups is 1. The van der Waals surface area contributed by atoms with Crippen molar-refractivity contribution in [3.05, 3.63) is 96.0 Å². The molecule has 4 rings (SSSR count). The van der Waals surface area contributed by atoms with Gasteiger partial charge in [-0.15, -0.1) is 0 Å². The summed E-state index contributed by atoms with van der Waals surface area (Å²) in [5.74, 6) is -0.755. The first-order valence-corrected chi connectivity index (χ1v) is 9.55. The zero-order valence-corrected chi connectivity index (χ0v) is 16.0. The van der Waals surface area contributed by atoms with Crippen LogP contribution in [0.3, 0.4) is 0 Å². The van der Waals surface area contributed by atoms with E-state index in [-0.39, 0.29) is 40.7 Å². The predicted octanol–water partition coefficient (Wildman–Crippen LogP) is 5.49. The van der Waals surface area contributed by atoms with Gasteiger partial charge in [0.25, 0.3) is 5.91 Å². The van der Waals surface area contributed by atoms with E-state index in [2.05, 4.69) is 10.3 Å². The summed E-state index contributed by atoms with van der Waals surface area (Å²) in [6.07, 6.45) is 0.679. The number of hydrogen-bond acceptors (Lipinski definition) is 3. The largest absolute Gasteiger partial charge is 0.505 e. The van der Waals surface area contributed by atoms with Gasteiger partial charge in [0.1, 0.15) is 5.69 Å². The number of carbonyl (C=O) groups excluding carboxylic acids is 1. The van der Waals surface area contributed by atoms with Crippen molar-refractivity contribution in [2.75, 3.05) is 0 Å². The zero-order chi connectivity index (χ0) is 22.0. The van der Waals surface area contributed by atoms with Gasteiger partial charge in [-0.1, -0.05) is 85.7 Å². The minimum atomic E-state index is -0.429. The van der Waals surface area contributed by atoms with Gasteiger partial charge in [0.15, 0.2) is 5.75 Å². The molecule has 4 aromatic rings. The summed E-state index contributed by atoms with van der Waals surface area (Å²) in [7, 11) is 0. The lowest BCUT2D eigenvalue weighted by atomic mass is 10.00. The molecule has 0 fully saturated rings. The molecule has 0 bridgehead atoms. The highest BCUT2D eigenvalue weighted by Crippen LogP contribution is 2.35. The summed E-state index contributed by atoms with van der Waals surface area (Å²) in [6, 6.07) is 21.3. The van der Waals surface area contributed by atoms with Gasteiger partial charge < -0.3 is 10.4 Å². The zero-order valence-electron chi connectivity index (χ0n) is 18.0. The lowest BCUT2D eigenvalue weighted by Gasteiger charge is -2.19. The van der Waals surface area contributed by atoms with Crippen LogP contribution in [-0.2, 0) is 0 Å². The molecule has 0 saturated heterocycles. The van der Waals surface area contributed by atoms with Gasteiger partial charge in [0, 0.05) is 10.9 Å². The Morgan fingerprint density at radius 3 is 2.41 bits per heavy atom. The number of nitrogens with zero attached hydrogens (tertiary/aromatic N) is 1. The highest BCUT2D eigenvalue weighted by molar-refractivity contribution is 6.10. The number of hydrogen-bond donors (Lipinski definition) is 2. The van der Waals surface area contributed by atoms with E-state index in [9.17, 15) is 9.90 Å². The highest BCUT2D eigenvalue weighted by Gasteiger charge is 2.23. The minimum Gasteiger partial charge on any atom is -0.505 e. The Kier molecular flexibility index (Phi) is 4.58. The molecular formula is C25H22N2O2. The van der Waals surface area contributed by atoms with Crippen LogP contribution in [0.5, 0.6) is 5.75 Å². The molecule has 2 N–H and O–H groups in total. The van der Waals surface area contributed by atoms with E-state index >= 15 is 0 Å². The molecule has 1 amide bonds. The van der Waals surface area contributed by atoms with Crippen molar-refractivity contribution in [2.24, 2.45) is 0 Å². The molecule has 4 nitrogen and oxygen atoms in total. The summed E-state index contributed by atoms with van der Waals surface area (Å²) >= 11 is 0. The SMILES string of the molecule is [2H]c1cccc([2H])c1-c1nc2ccccc2c(C(=O)NC(CC)c2ccccc2)c1O. The molecule has 0 aliphatic heterocycles. The van der Waals surface area contributed by atoms with Gasteiger partial charge in [-0.05, 0) is 18.1 Å². The fraction of sp³-hybridized carbons (Fsp3) is 0.120. The number of rotatable bonds is 5. The molecule has 0 saturated carbocycles. The lowest BCUT2D eigenvalue weighted by molar-refractivity contribution is 0.0934. The summed E-state index contributed by atoms with van der Waals surface area (Å²) in [5.41, 5.74) is 1.83. The molecule has 1 atom stereocenters. The maximum absolute atomic E-state index is 13.4. The highest BCUT2D eigenvalue weighted by atomic mass is 16.3. The van der Waals surface area contributed by atoms with E-state index in [1.807, 2.05) is 37.3 Å². The third-order valence-corrected chi connectivity index (χ3v) is 4.89. The van der Waals surface area contributed by atoms with Crippen LogP contribution in [0.1, 0.15) is 38.0 Å². The van der Waals surface area contributed by atoms with E-state index in [4.69, 9.17) is 2.74 Å². The van der Waals surface area contributed by atoms with Gasteiger partial charge in [0.05, 0.1) is 19.9 Å². The third-order valence-electron chi connectivity index (χ3n) is 4.89. The van der Waals surface area contributed by atoms with E-state index < -0.39 is 5.91 Å².